The Kier molecular flexibility index (Phi) is 7.65. The van der Waals surface area contributed by atoms with Crippen LogP contribution in [-0.2, 0) is 4.79 Å². The smallest absolute Gasteiger partial charge is 0.279 e. The average Bonchev–Trinajstić information content (AvgIpc) is 2.90. The molecule has 1 heterocycles. The number of amides is 2. The minimum absolute atomic E-state index is 0.0867. The highest BCUT2D eigenvalue weighted by Gasteiger charge is 2.34. The molecule has 0 saturated heterocycles. The van der Waals surface area contributed by atoms with Gasteiger partial charge in [-0.25, -0.2) is 9.37 Å². The molecule has 0 radical (unpaired) electrons. The van der Waals surface area contributed by atoms with Gasteiger partial charge in [-0.15, -0.1) is 0 Å². The molecule has 7 nitrogen and oxygen atoms in total. The van der Waals surface area contributed by atoms with Gasteiger partial charge in [0.25, 0.3) is 11.8 Å². The summed E-state index contributed by atoms with van der Waals surface area (Å²) in [6, 6.07) is 18.6. The number of carbonyl (C=O) groups is 2. The van der Waals surface area contributed by atoms with Gasteiger partial charge in [0.15, 0.2) is 0 Å². The maximum absolute atomic E-state index is 13.8. The summed E-state index contributed by atoms with van der Waals surface area (Å²) in [5.41, 5.74) is 2.54. The van der Waals surface area contributed by atoms with Crippen molar-refractivity contribution in [3.63, 3.8) is 0 Å². The van der Waals surface area contributed by atoms with Gasteiger partial charge in [-0.05, 0) is 67.9 Å². The molecule has 1 atom stereocenters. The molecule has 0 fully saturated rings. The van der Waals surface area contributed by atoms with Crippen molar-refractivity contribution in [1.82, 2.24) is 9.97 Å². The second kappa shape index (κ2) is 11.2. The highest BCUT2D eigenvalue weighted by molar-refractivity contribution is 6.11. The van der Waals surface area contributed by atoms with E-state index in [0.29, 0.717) is 29.3 Å². The summed E-state index contributed by atoms with van der Waals surface area (Å²) in [7, 11) is 0. The van der Waals surface area contributed by atoms with Gasteiger partial charge in [0.05, 0.1) is 12.8 Å². The third-order valence-corrected chi connectivity index (χ3v) is 5.44. The van der Waals surface area contributed by atoms with Gasteiger partial charge in [0.1, 0.15) is 23.3 Å². The first-order valence-electron chi connectivity index (χ1n) is 11.4. The summed E-state index contributed by atoms with van der Waals surface area (Å²) in [4.78, 5) is 37.1. The van der Waals surface area contributed by atoms with Gasteiger partial charge in [-0.3, -0.25) is 19.5 Å². The van der Waals surface area contributed by atoms with Crippen LogP contribution in [0.2, 0.25) is 0 Å². The normalized spacial score (nSPS) is 11.4. The van der Waals surface area contributed by atoms with E-state index >= 15 is 0 Å². The fourth-order valence-corrected chi connectivity index (χ4v) is 3.70. The Morgan fingerprint density at radius 1 is 0.972 bits per heavy atom. The second-order valence-electron chi connectivity index (χ2n) is 8.00. The van der Waals surface area contributed by atoms with E-state index in [2.05, 4.69) is 15.3 Å². The maximum atomic E-state index is 13.8. The Labute approximate surface area is 208 Å². The topological polar surface area (TPSA) is 84.4 Å². The zero-order valence-electron chi connectivity index (χ0n) is 19.9. The van der Waals surface area contributed by atoms with Crippen molar-refractivity contribution in [2.24, 2.45) is 0 Å². The van der Waals surface area contributed by atoms with Crippen LogP contribution < -0.4 is 15.0 Å². The third-order valence-electron chi connectivity index (χ3n) is 5.44. The predicted molar refractivity (Wildman–Crippen MR) is 135 cm³/mol. The number of benzene rings is 3. The van der Waals surface area contributed by atoms with Crippen LogP contribution in [0.4, 0.5) is 15.8 Å². The number of ether oxygens (including phenoxy) is 1. The molecule has 182 valence electrons. The molecule has 4 rings (SSSR count). The quantitative estimate of drug-likeness (QED) is 0.365. The Morgan fingerprint density at radius 2 is 1.67 bits per heavy atom. The van der Waals surface area contributed by atoms with Crippen molar-refractivity contribution in [1.29, 1.82) is 0 Å². The number of rotatable bonds is 8. The first-order chi connectivity index (χ1) is 17.5. The third kappa shape index (κ3) is 5.72. The molecule has 8 heteroatoms. The summed E-state index contributed by atoms with van der Waals surface area (Å²) in [5.74, 6) is -0.764. The molecule has 36 heavy (non-hydrogen) atoms. The summed E-state index contributed by atoms with van der Waals surface area (Å²) in [6.45, 7) is 4.31. The van der Waals surface area contributed by atoms with Gasteiger partial charge < -0.3 is 10.1 Å². The molecular weight excluding hydrogens is 459 g/mol. The van der Waals surface area contributed by atoms with Crippen molar-refractivity contribution in [3.05, 3.63) is 114 Å². The van der Waals surface area contributed by atoms with Crippen molar-refractivity contribution < 1.29 is 18.7 Å². The summed E-state index contributed by atoms with van der Waals surface area (Å²) < 4.78 is 19.0. The highest BCUT2D eigenvalue weighted by atomic mass is 19.1. The van der Waals surface area contributed by atoms with Crippen LogP contribution in [0.5, 0.6) is 5.75 Å². The molecule has 1 N–H and O–H groups in total. The standard InChI is InChI=1S/C28H25FN4O3/c1-3-36-24-14-6-20(7-15-24)26(27(34)32-22-10-8-21(29)9-11-22)33(23-12-4-19(2)5-13-23)28(35)25-18-30-16-17-31-25/h4-18,26H,3H2,1-2H3,(H,32,34). The lowest BCUT2D eigenvalue weighted by molar-refractivity contribution is -0.117. The van der Waals surface area contributed by atoms with Gasteiger partial charge in [0.2, 0.25) is 0 Å². The minimum Gasteiger partial charge on any atom is -0.494 e. The van der Waals surface area contributed by atoms with Crippen LogP contribution in [0.15, 0.2) is 91.4 Å². The molecular formula is C28H25FN4O3. The zero-order valence-corrected chi connectivity index (χ0v) is 19.9. The first-order valence-corrected chi connectivity index (χ1v) is 11.4. The maximum Gasteiger partial charge on any atom is 0.279 e. The lowest BCUT2D eigenvalue weighted by Gasteiger charge is -2.31. The predicted octanol–water partition coefficient (Wildman–Crippen LogP) is 5.35. The molecule has 0 aliphatic rings. The van der Waals surface area contributed by atoms with E-state index in [-0.39, 0.29) is 5.69 Å². The fourth-order valence-electron chi connectivity index (χ4n) is 3.70. The van der Waals surface area contributed by atoms with Crippen LogP contribution in [0.3, 0.4) is 0 Å². The molecule has 0 aliphatic carbocycles. The summed E-state index contributed by atoms with van der Waals surface area (Å²) in [6.07, 6.45) is 4.25. The number of hydrogen-bond donors (Lipinski definition) is 1. The van der Waals surface area contributed by atoms with E-state index in [9.17, 15) is 14.0 Å². The molecule has 1 unspecified atom stereocenters. The lowest BCUT2D eigenvalue weighted by Crippen LogP contribution is -2.42. The second-order valence-corrected chi connectivity index (χ2v) is 8.00. The number of carbonyl (C=O) groups excluding carboxylic acids is 2. The molecule has 4 aromatic rings. The van der Waals surface area contributed by atoms with Crippen LogP contribution >= 0.6 is 0 Å². The number of anilines is 2. The molecule has 0 aliphatic heterocycles. The summed E-state index contributed by atoms with van der Waals surface area (Å²) in [5, 5.41) is 2.81. The Morgan fingerprint density at radius 3 is 2.28 bits per heavy atom. The first kappa shape index (κ1) is 24.5. The monoisotopic (exact) mass is 484 g/mol. The average molecular weight is 485 g/mol. The van der Waals surface area contributed by atoms with Gasteiger partial charge in [-0.2, -0.15) is 0 Å². The van der Waals surface area contributed by atoms with E-state index in [1.807, 2.05) is 26.0 Å². The molecule has 3 aromatic carbocycles. The van der Waals surface area contributed by atoms with Gasteiger partial charge in [0, 0.05) is 23.8 Å². The van der Waals surface area contributed by atoms with Crippen molar-refractivity contribution in [2.75, 3.05) is 16.8 Å². The van der Waals surface area contributed by atoms with E-state index in [1.54, 1.807) is 36.4 Å². The molecule has 0 spiro atoms. The van der Waals surface area contributed by atoms with Gasteiger partial charge in [-0.1, -0.05) is 29.8 Å². The van der Waals surface area contributed by atoms with E-state index < -0.39 is 23.7 Å². The molecule has 0 saturated carbocycles. The number of halogens is 1. The van der Waals surface area contributed by atoms with Gasteiger partial charge >= 0.3 is 0 Å². The number of aryl methyl sites for hydroxylation is 1. The Balaban J connectivity index is 1.82. The van der Waals surface area contributed by atoms with Crippen LogP contribution in [0, 0.1) is 12.7 Å². The Hall–Kier alpha value is -4.59. The molecule has 2 amide bonds. The van der Waals surface area contributed by atoms with E-state index in [0.717, 1.165) is 5.56 Å². The molecule has 0 bridgehead atoms. The summed E-state index contributed by atoms with van der Waals surface area (Å²) >= 11 is 0. The number of hydrogen-bond acceptors (Lipinski definition) is 5. The van der Waals surface area contributed by atoms with E-state index in [4.69, 9.17) is 4.74 Å². The number of nitrogens with zero attached hydrogens (tertiary/aromatic N) is 3. The number of nitrogens with one attached hydrogen (secondary N) is 1. The van der Waals surface area contributed by atoms with Crippen molar-refractivity contribution >= 4 is 23.2 Å². The minimum atomic E-state index is -1.08. The van der Waals surface area contributed by atoms with E-state index in [1.165, 1.54) is 47.8 Å². The SMILES string of the molecule is CCOc1ccc(C(C(=O)Nc2ccc(F)cc2)N(C(=O)c2cnccn2)c2ccc(C)cc2)cc1. The molecule has 1 aromatic heterocycles. The largest absolute Gasteiger partial charge is 0.494 e. The van der Waals surface area contributed by atoms with Crippen LogP contribution in [0.1, 0.15) is 34.6 Å². The Bertz CT molecular complexity index is 1310. The number of aromatic nitrogens is 2. The van der Waals surface area contributed by atoms with Crippen molar-refractivity contribution in [2.45, 2.75) is 19.9 Å². The lowest BCUT2D eigenvalue weighted by atomic mass is 10.0. The van der Waals surface area contributed by atoms with Crippen molar-refractivity contribution in [3.8, 4) is 5.75 Å². The fraction of sp³-hybridized carbons (Fsp3) is 0.143. The zero-order chi connectivity index (χ0) is 25.5. The highest BCUT2D eigenvalue weighted by Crippen LogP contribution is 2.31. The van der Waals surface area contributed by atoms with Crippen LogP contribution in [-0.4, -0.2) is 28.4 Å². The van der Waals surface area contributed by atoms with Crippen LogP contribution in [0.25, 0.3) is 0 Å².